The summed E-state index contributed by atoms with van der Waals surface area (Å²) in [5, 5.41) is 4.15. The van der Waals surface area contributed by atoms with Crippen molar-refractivity contribution in [2.24, 2.45) is 0 Å². The summed E-state index contributed by atoms with van der Waals surface area (Å²) in [6.45, 7) is 5.66. The fourth-order valence-electron chi connectivity index (χ4n) is 3.10. The van der Waals surface area contributed by atoms with Gasteiger partial charge >= 0.3 is 0 Å². The Morgan fingerprint density at radius 2 is 1.54 bits per heavy atom. The molecule has 3 rings (SSSR count). The van der Waals surface area contributed by atoms with Gasteiger partial charge in [0.15, 0.2) is 5.11 Å². The summed E-state index contributed by atoms with van der Waals surface area (Å²) in [5.74, 6) is 0.856. The van der Waals surface area contributed by atoms with Gasteiger partial charge < -0.3 is 15.0 Å². The van der Waals surface area contributed by atoms with Crippen molar-refractivity contribution in [3.05, 3.63) is 95.1 Å². The van der Waals surface area contributed by atoms with Crippen LogP contribution in [0.4, 0.5) is 5.69 Å². The SMILES string of the molecule is COc1ccc(CN(Cc2ccccc2)C(=S)Nc2ccc(C)cc2C)cc1. The molecule has 0 aromatic heterocycles. The van der Waals surface area contributed by atoms with E-state index in [0.717, 1.165) is 24.5 Å². The zero-order valence-corrected chi connectivity index (χ0v) is 17.4. The molecule has 0 fully saturated rings. The lowest BCUT2D eigenvalue weighted by atomic mass is 10.1. The number of thiocarbonyl (C=S) groups is 1. The van der Waals surface area contributed by atoms with Crippen molar-refractivity contribution in [3.63, 3.8) is 0 Å². The van der Waals surface area contributed by atoms with Gasteiger partial charge in [0.25, 0.3) is 0 Å². The van der Waals surface area contributed by atoms with Crippen LogP contribution in [0.25, 0.3) is 0 Å². The molecule has 28 heavy (non-hydrogen) atoms. The summed E-state index contributed by atoms with van der Waals surface area (Å²) in [4.78, 5) is 2.19. The number of rotatable bonds is 6. The highest BCUT2D eigenvalue weighted by molar-refractivity contribution is 7.80. The van der Waals surface area contributed by atoms with Crippen LogP contribution in [0, 0.1) is 13.8 Å². The molecule has 3 aromatic rings. The first kappa shape index (κ1) is 19.9. The lowest BCUT2D eigenvalue weighted by Gasteiger charge is -2.27. The minimum Gasteiger partial charge on any atom is -0.497 e. The number of benzene rings is 3. The largest absolute Gasteiger partial charge is 0.497 e. The van der Waals surface area contributed by atoms with Gasteiger partial charge in [-0.15, -0.1) is 0 Å². The highest BCUT2D eigenvalue weighted by atomic mass is 32.1. The highest BCUT2D eigenvalue weighted by Gasteiger charge is 2.13. The molecule has 0 aliphatic rings. The van der Waals surface area contributed by atoms with Crippen LogP contribution in [0.2, 0.25) is 0 Å². The fraction of sp³-hybridized carbons (Fsp3) is 0.208. The molecule has 0 saturated carbocycles. The van der Waals surface area contributed by atoms with Gasteiger partial charge in [0.05, 0.1) is 7.11 Å². The molecule has 0 heterocycles. The lowest BCUT2D eigenvalue weighted by Crippen LogP contribution is -2.34. The second kappa shape index (κ2) is 9.38. The van der Waals surface area contributed by atoms with Crippen LogP contribution in [0.1, 0.15) is 22.3 Å². The van der Waals surface area contributed by atoms with Crippen LogP contribution >= 0.6 is 12.2 Å². The normalized spacial score (nSPS) is 10.4. The van der Waals surface area contributed by atoms with Crippen LogP contribution in [-0.4, -0.2) is 17.1 Å². The van der Waals surface area contributed by atoms with Crippen molar-refractivity contribution in [2.75, 3.05) is 12.4 Å². The van der Waals surface area contributed by atoms with E-state index >= 15 is 0 Å². The number of hydrogen-bond donors (Lipinski definition) is 1. The third-order valence-electron chi connectivity index (χ3n) is 4.66. The third-order valence-corrected chi connectivity index (χ3v) is 5.02. The van der Waals surface area contributed by atoms with Gasteiger partial charge in [-0.05, 0) is 61.0 Å². The molecule has 0 amide bonds. The Morgan fingerprint density at radius 3 is 2.14 bits per heavy atom. The second-order valence-electron chi connectivity index (χ2n) is 6.94. The summed E-state index contributed by atoms with van der Waals surface area (Å²) in [5.41, 5.74) is 5.88. The molecular weight excluding hydrogens is 364 g/mol. The Kier molecular flexibility index (Phi) is 6.66. The topological polar surface area (TPSA) is 24.5 Å². The van der Waals surface area contributed by atoms with Crippen LogP contribution in [0.15, 0.2) is 72.8 Å². The number of hydrogen-bond acceptors (Lipinski definition) is 2. The van der Waals surface area contributed by atoms with Crippen molar-refractivity contribution in [1.29, 1.82) is 0 Å². The number of nitrogens with one attached hydrogen (secondary N) is 1. The summed E-state index contributed by atoms with van der Waals surface area (Å²) in [6.07, 6.45) is 0. The third kappa shape index (κ3) is 5.33. The van der Waals surface area contributed by atoms with E-state index in [0.29, 0.717) is 5.11 Å². The zero-order valence-electron chi connectivity index (χ0n) is 16.6. The maximum absolute atomic E-state index is 5.79. The van der Waals surface area contributed by atoms with Crippen LogP contribution in [-0.2, 0) is 13.1 Å². The van der Waals surface area contributed by atoms with Gasteiger partial charge in [0.1, 0.15) is 5.75 Å². The average Bonchev–Trinajstić information content (AvgIpc) is 2.71. The minimum absolute atomic E-state index is 0.714. The van der Waals surface area contributed by atoms with E-state index in [1.807, 2.05) is 18.2 Å². The van der Waals surface area contributed by atoms with E-state index in [9.17, 15) is 0 Å². The van der Waals surface area contributed by atoms with Crippen molar-refractivity contribution in [3.8, 4) is 5.75 Å². The summed E-state index contributed by atoms with van der Waals surface area (Å²) in [7, 11) is 1.68. The summed E-state index contributed by atoms with van der Waals surface area (Å²) in [6, 6.07) is 24.9. The number of ether oxygens (including phenoxy) is 1. The average molecular weight is 391 g/mol. The van der Waals surface area contributed by atoms with Gasteiger partial charge in [-0.3, -0.25) is 0 Å². The fourth-order valence-corrected chi connectivity index (χ4v) is 3.34. The van der Waals surface area contributed by atoms with Gasteiger partial charge in [0, 0.05) is 18.8 Å². The molecule has 1 N–H and O–H groups in total. The van der Waals surface area contributed by atoms with Crippen molar-refractivity contribution >= 4 is 23.0 Å². The highest BCUT2D eigenvalue weighted by Crippen LogP contribution is 2.19. The Balaban J connectivity index is 1.80. The number of methoxy groups -OCH3 is 1. The molecule has 0 aliphatic carbocycles. The zero-order chi connectivity index (χ0) is 19.9. The molecule has 0 unspecified atom stereocenters. The molecule has 144 valence electrons. The van der Waals surface area contributed by atoms with Crippen molar-refractivity contribution in [2.45, 2.75) is 26.9 Å². The Morgan fingerprint density at radius 1 is 0.893 bits per heavy atom. The Labute approximate surface area is 173 Å². The smallest absolute Gasteiger partial charge is 0.174 e. The first-order valence-electron chi connectivity index (χ1n) is 9.35. The van der Waals surface area contributed by atoms with E-state index in [4.69, 9.17) is 17.0 Å². The van der Waals surface area contributed by atoms with E-state index in [2.05, 4.69) is 78.7 Å². The lowest BCUT2D eigenvalue weighted by molar-refractivity contribution is 0.407. The molecule has 0 radical (unpaired) electrons. The minimum atomic E-state index is 0.714. The molecule has 0 atom stereocenters. The number of nitrogens with zero attached hydrogens (tertiary/aromatic N) is 1. The maximum atomic E-state index is 5.79. The van der Waals surface area contributed by atoms with E-state index < -0.39 is 0 Å². The van der Waals surface area contributed by atoms with Gasteiger partial charge in [-0.2, -0.15) is 0 Å². The molecule has 4 heteroatoms. The van der Waals surface area contributed by atoms with Gasteiger partial charge in [-0.1, -0.05) is 60.2 Å². The van der Waals surface area contributed by atoms with Crippen LogP contribution in [0.5, 0.6) is 5.75 Å². The van der Waals surface area contributed by atoms with Gasteiger partial charge in [-0.25, -0.2) is 0 Å². The molecule has 0 aliphatic heterocycles. The molecule has 0 spiro atoms. The first-order chi connectivity index (χ1) is 13.5. The number of aryl methyl sites for hydroxylation is 2. The summed E-state index contributed by atoms with van der Waals surface area (Å²) < 4.78 is 5.27. The predicted octanol–water partition coefficient (Wildman–Crippen LogP) is 5.71. The monoisotopic (exact) mass is 390 g/mol. The molecule has 3 aromatic carbocycles. The van der Waals surface area contributed by atoms with Crippen LogP contribution < -0.4 is 10.1 Å². The van der Waals surface area contributed by atoms with Crippen LogP contribution in [0.3, 0.4) is 0 Å². The predicted molar refractivity (Wildman–Crippen MR) is 121 cm³/mol. The van der Waals surface area contributed by atoms with Crippen molar-refractivity contribution in [1.82, 2.24) is 4.90 Å². The Bertz CT molecular complexity index is 923. The standard InChI is InChI=1S/C24H26N2OS/c1-18-9-14-23(19(2)15-18)25-24(28)26(16-20-7-5-4-6-8-20)17-21-10-12-22(27-3)13-11-21/h4-15H,16-17H2,1-3H3,(H,25,28). The van der Waals surface area contributed by atoms with E-state index in [1.54, 1.807) is 7.11 Å². The second-order valence-corrected chi connectivity index (χ2v) is 7.32. The van der Waals surface area contributed by atoms with E-state index in [1.165, 1.54) is 22.3 Å². The summed E-state index contributed by atoms with van der Waals surface area (Å²) >= 11 is 5.79. The van der Waals surface area contributed by atoms with E-state index in [-0.39, 0.29) is 0 Å². The quantitative estimate of drug-likeness (QED) is 0.545. The first-order valence-corrected chi connectivity index (χ1v) is 9.76. The molecule has 3 nitrogen and oxygen atoms in total. The molecule has 0 bridgehead atoms. The maximum Gasteiger partial charge on any atom is 0.174 e. The van der Waals surface area contributed by atoms with Crippen molar-refractivity contribution < 1.29 is 4.74 Å². The molecular formula is C24H26N2OS. The Hall–Kier alpha value is -2.85. The molecule has 0 saturated heterocycles. The number of anilines is 1. The van der Waals surface area contributed by atoms with Gasteiger partial charge in [0.2, 0.25) is 0 Å².